The summed E-state index contributed by atoms with van der Waals surface area (Å²) < 4.78 is 0.909. The number of thiophene rings is 1. The lowest BCUT2D eigenvalue weighted by atomic mass is 9.93. The Hall–Kier alpha value is -0.880. The van der Waals surface area contributed by atoms with E-state index in [0.717, 1.165) is 17.3 Å². The average molecular weight is 331 g/mol. The number of piperidine rings is 1. The third-order valence-electron chi connectivity index (χ3n) is 3.32. The van der Waals surface area contributed by atoms with E-state index in [9.17, 15) is 9.59 Å². The Bertz CT molecular complexity index is 474. The van der Waals surface area contributed by atoms with Gasteiger partial charge in [0.2, 0.25) is 5.91 Å². The SMILES string of the molecule is C[C@@H]1CC[C@@H](C(N)=O)CN1C(=O)c1cc(Br)cs1. The van der Waals surface area contributed by atoms with Crippen LogP contribution in [0.5, 0.6) is 0 Å². The summed E-state index contributed by atoms with van der Waals surface area (Å²) in [4.78, 5) is 26.1. The molecule has 2 rings (SSSR count). The molecular formula is C12H15BrN2O2S. The molecule has 18 heavy (non-hydrogen) atoms. The lowest BCUT2D eigenvalue weighted by molar-refractivity contribution is -0.123. The molecule has 1 fully saturated rings. The second-order valence-electron chi connectivity index (χ2n) is 4.61. The van der Waals surface area contributed by atoms with Crippen LogP contribution in [0.15, 0.2) is 15.9 Å². The number of nitrogens with two attached hydrogens (primary N) is 1. The van der Waals surface area contributed by atoms with Crippen molar-refractivity contribution in [3.8, 4) is 0 Å². The number of amides is 2. The standard InChI is InChI=1S/C12H15BrN2O2S/c1-7-2-3-8(11(14)16)5-15(7)12(17)10-4-9(13)6-18-10/h4,6-8H,2-3,5H2,1H3,(H2,14,16)/t7-,8-/m1/s1. The maximum atomic E-state index is 12.4. The molecule has 4 nitrogen and oxygen atoms in total. The first kappa shape index (κ1) is 13.5. The first-order valence-corrected chi connectivity index (χ1v) is 7.50. The monoisotopic (exact) mass is 330 g/mol. The van der Waals surface area contributed by atoms with Crippen molar-refractivity contribution in [3.63, 3.8) is 0 Å². The molecule has 2 atom stereocenters. The number of halogens is 1. The van der Waals surface area contributed by atoms with E-state index in [1.807, 2.05) is 18.4 Å². The number of primary amides is 1. The molecule has 6 heteroatoms. The molecule has 1 aliphatic heterocycles. The summed E-state index contributed by atoms with van der Waals surface area (Å²) in [7, 11) is 0. The minimum Gasteiger partial charge on any atom is -0.369 e. The molecule has 0 spiro atoms. The number of hydrogen-bond acceptors (Lipinski definition) is 3. The van der Waals surface area contributed by atoms with E-state index in [1.165, 1.54) is 11.3 Å². The largest absolute Gasteiger partial charge is 0.369 e. The molecule has 0 aliphatic carbocycles. The van der Waals surface area contributed by atoms with E-state index in [1.54, 1.807) is 4.90 Å². The summed E-state index contributed by atoms with van der Waals surface area (Å²) in [6.45, 7) is 2.45. The molecule has 0 radical (unpaired) electrons. The molecule has 2 heterocycles. The van der Waals surface area contributed by atoms with E-state index in [-0.39, 0.29) is 23.8 Å². The molecule has 0 aromatic carbocycles. The Balaban J connectivity index is 2.15. The van der Waals surface area contributed by atoms with Crippen molar-refractivity contribution in [3.05, 3.63) is 20.8 Å². The first-order valence-electron chi connectivity index (χ1n) is 5.83. The summed E-state index contributed by atoms with van der Waals surface area (Å²) in [6, 6.07) is 1.97. The van der Waals surface area contributed by atoms with Gasteiger partial charge in [0.25, 0.3) is 5.91 Å². The quantitative estimate of drug-likeness (QED) is 0.903. The summed E-state index contributed by atoms with van der Waals surface area (Å²) >= 11 is 4.75. The van der Waals surface area contributed by atoms with Crippen molar-refractivity contribution in [2.24, 2.45) is 11.7 Å². The van der Waals surface area contributed by atoms with Gasteiger partial charge in [-0.2, -0.15) is 0 Å². The van der Waals surface area contributed by atoms with Gasteiger partial charge in [-0.05, 0) is 41.8 Å². The zero-order chi connectivity index (χ0) is 13.3. The Morgan fingerprint density at radius 3 is 2.78 bits per heavy atom. The van der Waals surface area contributed by atoms with Gasteiger partial charge in [0, 0.05) is 22.4 Å². The van der Waals surface area contributed by atoms with Crippen molar-refractivity contribution in [2.45, 2.75) is 25.8 Å². The van der Waals surface area contributed by atoms with Gasteiger partial charge >= 0.3 is 0 Å². The minimum absolute atomic E-state index is 0.0100. The van der Waals surface area contributed by atoms with Crippen LogP contribution in [0, 0.1) is 5.92 Å². The van der Waals surface area contributed by atoms with Gasteiger partial charge in [0.05, 0.1) is 10.8 Å². The number of hydrogen-bond donors (Lipinski definition) is 1. The highest BCUT2D eigenvalue weighted by Gasteiger charge is 2.32. The Morgan fingerprint density at radius 1 is 1.50 bits per heavy atom. The molecular weight excluding hydrogens is 316 g/mol. The molecule has 98 valence electrons. The number of rotatable bonds is 2. The van der Waals surface area contributed by atoms with Crippen molar-refractivity contribution < 1.29 is 9.59 Å². The zero-order valence-electron chi connectivity index (χ0n) is 10.1. The van der Waals surface area contributed by atoms with Gasteiger partial charge in [0.15, 0.2) is 0 Å². The van der Waals surface area contributed by atoms with Gasteiger partial charge in [-0.1, -0.05) is 0 Å². The highest BCUT2D eigenvalue weighted by molar-refractivity contribution is 9.10. The van der Waals surface area contributed by atoms with E-state index >= 15 is 0 Å². The van der Waals surface area contributed by atoms with Gasteiger partial charge in [-0.15, -0.1) is 11.3 Å². The highest BCUT2D eigenvalue weighted by Crippen LogP contribution is 2.27. The Labute approximate surface area is 118 Å². The summed E-state index contributed by atoms with van der Waals surface area (Å²) in [5.41, 5.74) is 5.34. The van der Waals surface area contributed by atoms with Crippen LogP contribution in [0.2, 0.25) is 0 Å². The topological polar surface area (TPSA) is 63.4 Å². The van der Waals surface area contributed by atoms with Gasteiger partial charge in [-0.25, -0.2) is 0 Å². The fourth-order valence-electron chi connectivity index (χ4n) is 2.19. The lowest BCUT2D eigenvalue weighted by Crippen LogP contribution is -2.48. The summed E-state index contributed by atoms with van der Waals surface area (Å²) in [5, 5.41) is 1.88. The van der Waals surface area contributed by atoms with Crippen LogP contribution in [0.3, 0.4) is 0 Å². The number of nitrogens with zero attached hydrogens (tertiary/aromatic N) is 1. The number of carbonyl (C=O) groups excluding carboxylic acids is 2. The van der Waals surface area contributed by atoms with Crippen molar-refractivity contribution in [1.29, 1.82) is 0 Å². The highest BCUT2D eigenvalue weighted by atomic mass is 79.9. The molecule has 2 N–H and O–H groups in total. The molecule has 0 unspecified atom stereocenters. The van der Waals surface area contributed by atoms with Gasteiger partial charge in [0.1, 0.15) is 0 Å². The first-order chi connectivity index (χ1) is 8.49. The Morgan fingerprint density at radius 2 is 2.22 bits per heavy atom. The predicted molar refractivity (Wildman–Crippen MR) is 74.4 cm³/mol. The third kappa shape index (κ3) is 2.75. The molecule has 1 aliphatic rings. The van der Waals surface area contributed by atoms with Crippen molar-refractivity contribution >= 4 is 39.1 Å². The number of carbonyl (C=O) groups is 2. The molecule has 0 saturated carbocycles. The fourth-order valence-corrected chi connectivity index (χ4v) is 3.57. The van der Waals surface area contributed by atoms with Gasteiger partial charge < -0.3 is 10.6 Å². The smallest absolute Gasteiger partial charge is 0.264 e. The molecule has 1 saturated heterocycles. The van der Waals surface area contributed by atoms with Crippen molar-refractivity contribution in [2.75, 3.05) is 6.54 Å². The third-order valence-corrected chi connectivity index (χ3v) is 5.00. The van der Waals surface area contributed by atoms with Crippen molar-refractivity contribution in [1.82, 2.24) is 4.90 Å². The second-order valence-corrected chi connectivity index (χ2v) is 6.44. The van der Waals surface area contributed by atoms with Crippen LogP contribution in [0.25, 0.3) is 0 Å². The van der Waals surface area contributed by atoms with E-state index < -0.39 is 0 Å². The predicted octanol–water partition coefficient (Wildman–Crippen LogP) is 2.24. The van der Waals surface area contributed by atoms with E-state index in [4.69, 9.17) is 5.73 Å². The Kier molecular flexibility index (Phi) is 4.07. The average Bonchev–Trinajstić information content (AvgIpc) is 2.75. The fraction of sp³-hybridized carbons (Fsp3) is 0.500. The maximum absolute atomic E-state index is 12.4. The summed E-state index contributed by atoms with van der Waals surface area (Å²) in [6.07, 6.45) is 1.60. The lowest BCUT2D eigenvalue weighted by Gasteiger charge is -2.36. The van der Waals surface area contributed by atoms with Crippen LogP contribution < -0.4 is 5.73 Å². The van der Waals surface area contributed by atoms with Crippen LogP contribution in [-0.2, 0) is 4.79 Å². The zero-order valence-corrected chi connectivity index (χ0v) is 12.5. The van der Waals surface area contributed by atoms with Gasteiger partial charge in [-0.3, -0.25) is 9.59 Å². The van der Waals surface area contributed by atoms with Crippen LogP contribution in [0.1, 0.15) is 29.4 Å². The second kappa shape index (κ2) is 5.40. The number of likely N-dealkylation sites (tertiary alicyclic amines) is 1. The van der Waals surface area contributed by atoms with E-state index in [2.05, 4.69) is 15.9 Å². The normalized spacial score (nSPS) is 24.0. The van der Waals surface area contributed by atoms with Crippen LogP contribution >= 0.6 is 27.3 Å². The molecule has 1 aromatic heterocycles. The van der Waals surface area contributed by atoms with E-state index in [0.29, 0.717) is 11.4 Å². The molecule has 1 aromatic rings. The maximum Gasteiger partial charge on any atom is 0.264 e. The van der Waals surface area contributed by atoms with Crippen LogP contribution in [0.4, 0.5) is 0 Å². The minimum atomic E-state index is -0.313. The molecule has 2 amide bonds. The van der Waals surface area contributed by atoms with Crippen LogP contribution in [-0.4, -0.2) is 29.3 Å². The summed E-state index contributed by atoms with van der Waals surface area (Å²) in [5.74, 6) is -0.537. The molecule has 0 bridgehead atoms.